The number of fused-ring (bicyclic) bond motifs is 1. The lowest BCUT2D eigenvalue weighted by molar-refractivity contribution is 0.0688. The van der Waals surface area contributed by atoms with E-state index in [1.54, 1.807) is 4.68 Å². The number of carboxylic acid groups (broad SMARTS) is 1. The molecule has 1 unspecified atom stereocenters. The molecule has 0 aromatic carbocycles. The number of hydrogen-bond donors (Lipinski definition) is 3. The first kappa shape index (κ1) is 9.01. The summed E-state index contributed by atoms with van der Waals surface area (Å²) in [6, 6.07) is 1.51. The number of aromatic carboxylic acids is 1. The Morgan fingerprint density at radius 2 is 2.43 bits per heavy atom. The van der Waals surface area contributed by atoms with Gasteiger partial charge in [0.25, 0.3) is 0 Å². The van der Waals surface area contributed by atoms with E-state index in [0.29, 0.717) is 11.7 Å². The van der Waals surface area contributed by atoms with E-state index in [9.17, 15) is 4.79 Å². The molecule has 6 heteroatoms. The molecule has 2 heterocycles. The lowest BCUT2D eigenvalue weighted by atomic mass is 10.2. The van der Waals surface area contributed by atoms with Crippen molar-refractivity contribution in [2.75, 3.05) is 5.43 Å². The molecule has 2 rings (SSSR count). The highest BCUT2D eigenvalue weighted by Gasteiger charge is 2.27. The van der Waals surface area contributed by atoms with Gasteiger partial charge in [0.2, 0.25) is 0 Å². The first-order valence-corrected chi connectivity index (χ1v) is 4.44. The van der Waals surface area contributed by atoms with Crippen molar-refractivity contribution in [1.82, 2.24) is 15.2 Å². The van der Waals surface area contributed by atoms with Crippen molar-refractivity contribution in [3.8, 4) is 0 Å². The second-order valence-electron chi connectivity index (χ2n) is 3.62. The van der Waals surface area contributed by atoms with Gasteiger partial charge in [-0.05, 0) is 5.92 Å². The fourth-order valence-corrected chi connectivity index (χ4v) is 1.46. The largest absolute Gasteiger partial charge is 0.476 e. The van der Waals surface area contributed by atoms with Crippen LogP contribution in [0.3, 0.4) is 0 Å². The minimum Gasteiger partial charge on any atom is -0.476 e. The highest BCUT2D eigenvalue weighted by Crippen LogP contribution is 2.25. The molecule has 1 aliphatic rings. The molecular weight excluding hydrogens is 184 g/mol. The average Bonchev–Trinajstić information content (AvgIpc) is 2.58. The van der Waals surface area contributed by atoms with Crippen molar-refractivity contribution in [2.24, 2.45) is 5.92 Å². The van der Waals surface area contributed by atoms with Crippen LogP contribution in [0.25, 0.3) is 0 Å². The number of nitrogens with one attached hydrogen (secondary N) is 2. The highest BCUT2D eigenvalue weighted by atomic mass is 16.4. The van der Waals surface area contributed by atoms with Gasteiger partial charge in [-0.1, -0.05) is 13.8 Å². The molecule has 0 spiro atoms. The van der Waals surface area contributed by atoms with Crippen LogP contribution in [0.5, 0.6) is 0 Å². The summed E-state index contributed by atoms with van der Waals surface area (Å²) in [5, 5.41) is 12.7. The molecule has 0 fully saturated rings. The van der Waals surface area contributed by atoms with E-state index in [1.807, 2.05) is 13.8 Å². The van der Waals surface area contributed by atoms with Crippen LogP contribution < -0.4 is 10.9 Å². The van der Waals surface area contributed by atoms with Crippen LogP contribution in [-0.2, 0) is 0 Å². The molecule has 0 radical (unpaired) electrons. The number of carbonyl (C=O) groups is 1. The number of anilines is 1. The molecule has 1 aromatic rings. The Hall–Kier alpha value is -1.56. The van der Waals surface area contributed by atoms with E-state index >= 15 is 0 Å². The van der Waals surface area contributed by atoms with Gasteiger partial charge < -0.3 is 10.5 Å². The summed E-state index contributed by atoms with van der Waals surface area (Å²) in [6.07, 6.45) is 0.0121. The first-order valence-electron chi connectivity index (χ1n) is 4.44. The van der Waals surface area contributed by atoms with Crippen LogP contribution in [0.2, 0.25) is 0 Å². The standard InChI is InChI=1S/C8H12N4O2/c1-4(2)7-10-9-6-3-5(8(13)14)11-12(6)7/h3-4,7,9-10H,1-2H3,(H,13,14). The fourth-order valence-electron chi connectivity index (χ4n) is 1.46. The van der Waals surface area contributed by atoms with Gasteiger partial charge in [0.05, 0.1) is 0 Å². The Kier molecular flexibility index (Phi) is 1.92. The maximum absolute atomic E-state index is 10.7. The van der Waals surface area contributed by atoms with Crippen molar-refractivity contribution in [2.45, 2.75) is 20.0 Å². The Balaban J connectivity index is 2.35. The average molecular weight is 196 g/mol. The van der Waals surface area contributed by atoms with Gasteiger partial charge in [0.1, 0.15) is 12.0 Å². The van der Waals surface area contributed by atoms with Crippen molar-refractivity contribution >= 4 is 11.8 Å². The molecule has 1 aromatic heterocycles. The summed E-state index contributed by atoms with van der Waals surface area (Å²) < 4.78 is 1.66. The van der Waals surface area contributed by atoms with E-state index in [4.69, 9.17) is 5.11 Å². The van der Waals surface area contributed by atoms with Crippen LogP contribution in [0.15, 0.2) is 6.07 Å². The minimum absolute atomic E-state index is 0.0121. The van der Waals surface area contributed by atoms with Crippen LogP contribution >= 0.6 is 0 Å². The van der Waals surface area contributed by atoms with Gasteiger partial charge >= 0.3 is 5.97 Å². The molecule has 0 aliphatic carbocycles. The topological polar surface area (TPSA) is 79.2 Å². The first-order chi connectivity index (χ1) is 6.59. The Morgan fingerprint density at radius 3 is 3.00 bits per heavy atom. The lowest BCUT2D eigenvalue weighted by Crippen LogP contribution is -2.27. The third-order valence-corrected chi connectivity index (χ3v) is 2.20. The zero-order valence-corrected chi connectivity index (χ0v) is 7.98. The number of carboxylic acids is 1. The van der Waals surface area contributed by atoms with Crippen molar-refractivity contribution in [1.29, 1.82) is 0 Å². The van der Waals surface area contributed by atoms with Crippen molar-refractivity contribution < 1.29 is 9.90 Å². The number of nitrogens with zero attached hydrogens (tertiary/aromatic N) is 2. The number of hydrazine groups is 1. The summed E-state index contributed by atoms with van der Waals surface area (Å²) >= 11 is 0. The maximum atomic E-state index is 10.7. The van der Waals surface area contributed by atoms with Crippen LogP contribution in [0.1, 0.15) is 30.5 Å². The molecule has 76 valence electrons. The zero-order chi connectivity index (χ0) is 10.3. The monoisotopic (exact) mass is 196 g/mol. The molecule has 3 N–H and O–H groups in total. The summed E-state index contributed by atoms with van der Waals surface area (Å²) in [6.45, 7) is 4.08. The molecule has 14 heavy (non-hydrogen) atoms. The molecule has 1 atom stereocenters. The molecule has 0 saturated carbocycles. The van der Waals surface area contributed by atoms with Gasteiger partial charge in [-0.25, -0.2) is 14.9 Å². The number of rotatable bonds is 2. The van der Waals surface area contributed by atoms with Crippen molar-refractivity contribution in [3.05, 3.63) is 11.8 Å². The van der Waals surface area contributed by atoms with Gasteiger partial charge in [-0.15, -0.1) is 0 Å². The fraction of sp³-hybridized carbons (Fsp3) is 0.500. The minimum atomic E-state index is -1.00. The summed E-state index contributed by atoms with van der Waals surface area (Å²) in [4.78, 5) is 10.7. The molecule has 6 nitrogen and oxygen atoms in total. The maximum Gasteiger partial charge on any atom is 0.356 e. The third-order valence-electron chi connectivity index (χ3n) is 2.20. The Labute approximate surface area is 80.9 Å². The third kappa shape index (κ3) is 1.24. The van der Waals surface area contributed by atoms with E-state index in [1.165, 1.54) is 6.07 Å². The second kappa shape index (κ2) is 2.98. The normalized spacial score (nSPS) is 19.5. The van der Waals surface area contributed by atoms with E-state index in [0.717, 1.165) is 0 Å². The Morgan fingerprint density at radius 1 is 1.71 bits per heavy atom. The zero-order valence-electron chi connectivity index (χ0n) is 7.98. The predicted octanol–water partition coefficient (Wildman–Crippen LogP) is 0.666. The van der Waals surface area contributed by atoms with Gasteiger partial charge in [-0.2, -0.15) is 5.10 Å². The molecule has 1 aliphatic heterocycles. The second-order valence-corrected chi connectivity index (χ2v) is 3.62. The SMILES string of the molecule is CC(C)C1NNc2cc(C(=O)O)nn21. The van der Waals surface area contributed by atoms with E-state index in [2.05, 4.69) is 16.0 Å². The number of hydrogen-bond acceptors (Lipinski definition) is 4. The van der Waals surface area contributed by atoms with Crippen LogP contribution in [0.4, 0.5) is 5.82 Å². The quantitative estimate of drug-likeness (QED) is 0.647. The smallest absolute Gasteiger partial charge is 0.356 e. The Bertz CT molecular complexity index is 371. The lowest BCUT2D eigenvalue weighted by Gasteiger charge is -2.14. The summed E-state index contributed by atoms with van der Waals surface area (Å²) in [5.74, 6) is 0.0302. The number of aromatic nitrogens is 2. The van der Waals surface area contributed by atoms with Gasteiger partial charge in [0.15, 0.2) is 5.69 Å². The molecule has 0 saturated heterocycles. The highest BCUT2D eigenvalue weighted by molar-refractivity contribution is 5.86. The van der Waals surface area contributed by atoms with Gasteiger partial charge in [0, 0.05) is 6.07 Å². The summed E-state index contributed by atoms with van der Waals surface area (Å²) in [7, 11) is 0. The molecule has 0 amide bonds. The van der Waals surface area contributed by atoms with E-state index < -0.39 is 5.97 Å². The van der Waals surface area contributed by atoms with Crippen LogP contribution in [-0.4, -0.2) is 20.9 Å². The molecule has 0 bridgehead atoms. The summed E-state index contributed by atoms with van der Waals surface area (Å²) in [5.41, 5.74) is 5.99. The predicted molar refractivity (Wildman–Crippen MR) is 49.8 cm³/mol. The molecular formula is C8H12N4O2. The van der Waals surface area contributed by atoms with E-state index in [-0.39, 0.29) is 11.9 Å². The van der Waals surface area contributed by atoms with Gasteiger partial charge in [-0.3, -0.25) is 0 Å². The van der Waals surface area contributed by atoms with Crippen molar-refractivity contribution in [3.63, 3.8) is 0 Å². The van der Waals surface area contributed by atoms with Crippen LogP contribution in [0, 0.1) is 5.92 Å².